The van der Waals surface area contributed by atoms with Crippen LogP contribution in [0.3, 0.4) is 0 Å². The molecular weight excluding hydrogens is 601 g/mol. The zero-order valence-electron chi connectivity index (χ0n) is 22.4. The molecule has 6 aromatic rings. The molecule has 0 heterocycles. The number of hydrogen-bond donors (Lipinski definition) is 1. The Labute approximate surface area is 245 Å². The second-order valence-corrected chi connectivity index (χ2v) is 12.6. The van der Waals surface area contributed by atoms with Gasteiger partial charge < -0.3 is 4.18 Å². The van der Waals surface area contributed by atoms with Crippen molar-refractivity contribution in [3.63, 3.8) is 0 Å². The number of benzene rings is 6. The summed E-state index contributed by atoms with van der Waals surface area (Å²) in [6.45, 7) is 0. The van der Waals surface area contributed by atoms with Crippen LogP contribution in [0.2, 0.25) is 0 Å². The minimum Gasteiger partial charge on any atom is -0.376 e. The Morgan fingerprint density at radius 1 is 0.581 bits per heavy atom. The summed E-state index contributed by atoms with van der Waals surface area (Å²) in [7, 11) is -9.42. The predicted molar refractivity (Wildman–Crippen MR) is 163 cm³/mol. The van der Waals surface area contributed by atoms with Crippen molar-refractivity contribution in [2.75, 3.05) is 6.26 Å². The summed E-state index contributed by atoms with van der Waals surface area (Å²) in [6, 6.07) is 36.2. The summed E-state index contributed by atoms with van der Waals surface area (Å²) in [5.74, 6) is -0.410. The van der Waals surface area contributed by atoms with Gasteiger partial charge >= 0.3 is 15.6 Å². The largest absolute Gasteiger partial charge is 0.534 e. The quantitative estimate of drug-likeness (QED) is 0.0919. The minimum atomic E-state index is -5.75. The lowest BCUT2D eigenvalue weighted by Gasteiger charge is -2.18. The van der Waals surface area contributed by atoms with E-state index in [1.807, 2.05) is 48.5 Å². The Bertz CT molecular complexity index is 2130. The third kappa shape index (κ3) is 6.48. The fourth-order valence-corrected chi connectivity index (χ4v) is 5.41. The Morgan fingerprint density at radius 3 is 1.44 bits per heavy atom. The summed E-state index contributed by atoms with van der Waals surface area (Å²) < 4.78 is 91.3. The molecule has 0 aliphatic rings. The monoisotopic (exact) mass is 624 g/mol. The molecule has 0 aliphatic carbocycles. The first kappa shape index (κ1) is 30.0. The van der Waals surface area contributed by atoms with Crippen LogP contribution < -0.4 is 4.18 Å². The summed E-state index contributed by atoms with van der Waals surface area (Å²) >= 11 is 0. The van der Waals surface area contributed by atoms with E-state index in [1.54, 1.807) is 12.1 Å². The average Bonchev–Trinajstić information content (AvgIpc) is 2.94. The second kappa shape index (κ2) is 11.3. The molecule has 6 rings (SSSR count). The number of halogens is 3. The van der Waals surface area contributed by atoms with Gasteiger partial charge in [0.1, 0.15) is 5.75 Å². The van der Waals surface area contributed by atoms with E-state index in [0.717, 1.165) is 54.6 Å². The Kier molecular flexibility index (Phi) is 7.91. The van der Waals surface area contributed by atoms with Gasteiger partial charge in [-0.3, -0.25) is 4.55 Å². The van der Waals surface area contributed by atoms with Crippen molar-refractivity contribution >= 4 is 52.6 Å². The van der Waals surface area contributed by atoms with Crippen LogP contribution >= 0.6 is 0 Å². The van der Waals surface area contributed by atoms with E-state index < -0.39 is 31.5 Å². The molecule has 0 radical (unpaired) electrons. The molecule has 6 nitrogen and oxygen atoms in total. The van der Waals surface area contributed by atoms with E-state index >= 15 is 0 Å². The highest BCUT2D eigenvalue weighted by Crippen LogP contribution is 2.44. The van der Waals surface area contributed by atoms with Crippen LogP contribution in [-0.2, 0) is 20.2 Å². The number of alkyl halides is 3. The average molecular weight is 625 g/mol. The summed E-state index contributed by atoms with van der Waals surface area (Å²) in [5, 5.41) is 6.26. The maximum atomic E-state index is 12.8. The molecule has 0 atom stereocenters. The van der Waals surface area contributed by atoms with Crippen molar-refractivity contribution in [2.24, 2.45) is 0 Å². The van der Waals surface area contributed by atoms with Gasteiger partial charge in [-0.15, -0.1) is 0 Å². The van der Waals surface area contributed by atoms with E-state index in [2.05, 4.69) is 46.6 Å². The SMILES string of the molecule is CS(=O)(=O)O.O=S(=O)(Oc1ccc(-c2c3ccccc3c(-c3ccc4ccccc4c3)c3ccccc23)cc1)C(F)(F)F. The third-order valence-corrected chi connectivity index (χ3v) is 7.58. The van der Waals surface area contributed by atoms with Gasteiger partial charge in [-0.1, -0.05) is 97.1 Å². The van der Waals surface area contributed by atoms with Gasteiger partial charge in [-0.05, 0) is 72.8 Å². The van der Waals surface area contributed by atoms with Crippen molar-refractivity contribution in [3.05, 3.63) is 115 Å². The molecule has 43 heavy (non-hydrogen) atoms. The van der Waals surface area contributed by atoms with E-state index in [4.69, 9.17) is 4.55 Å². The van der Waals surface area contributed by atoms with Crippen molar-refractivity contribution in [2.45, 2.75) is 5.51 Å². The molecule has 1 N–H and O–H groups in total. The van der Waals surface area contributed by atoms with Crippen LogP contribution in [0.5, 0.6) is 5.75 Å². The maximum Gasteiger partial charge on any atom is 0.534 e. The van der Waals surface area contributed by atoms with Crippen molar-refractivity contribution in [3.8, 4) is 28.0 Å². The van der Waals surface area contributed by atoms with Crippen LogP contribution in [0.15, 0.2) is 115 Å². The van der Waals surface area contributed by atoms with Crippen LogP contribution in [-0.4, -0.2) is 33.2 Å². The summed E-state index contributed by atoms with van der Waals surface area (Å²) in [5.41, 5.74) is -1.73. The molecule has 0 amide bonds. The van der Waals surface area contributed by atoms with Gasteiger partial charge in [-0.2, -0.15) is 30.0 Å². The molecule has 0 aliphatic heterocycles. The standard InChI is InChI=1S/C31H19F3O3S.CH4O3S/c32-31(33,34)38(35,36)37-24-17-15-21(16-18-24)29-25-9-3-5-11-27(25)30(28-12-6-4-10-26(28)29)23-14-13-20-7-1-2-8-22(20)19-23;1-5(2,3)4/h1-19H;1H3,(H,2,3,4). The molecule has 0 aromatic heterocycles. The lowest BCUT2D eigenvalue weighted by atomic mass is 9.85. The van der Waals surface area contributed by atoms with Crippen LogP contribution in [0.4, 0.5) is 13.2 Å². The van der Waals surface area contributed by atoms with Gasteiger partial charge in [0.2, 0.25) is 0 Å². The molecular formula is C32H23F3O6S2. The van der Waals surface area contributed by atoms with Crippen LogP contribution in [0.25, 0.3) is 54.6 Å². The summed E-state index contributed by atoms with van der Waals surface area (Å²) in [4.78, 5) is 0. The van der Waals surface area contributed by atoms with E-state index in [0.29, 0.717) is 6.26 Å². The highest BCUT2D eigenvalue weighted by Gasteiger charge is 2.48. The fraction of sp³-hybridized carbons (Fsp3) is 0.0625. The molecule has 0 spiro atoms. The summed E-state index contributed by atoms with van der Waals surface area (Å²) in [6.07, 6.45) is 0.715. The maximum absolute atomic E-state index is 12.8. The lowest BCUT2D eigenvalue weighted by molar-refractivity contribution is -0.0500. The predicted octanol–water partition coefficient (Wildman–Crippen LogP) is 8.21. The molecule has 0 unspecified atom stereocenters. The molecule has 0 saturated heterocycles. The highest BCUT2D eigenvalue weighted by atomic mass is 32.2. The van der Waals surface area contributed by atoms with Crippen LogP contribution in [0.1, 0.15) is 0 Å². The van der Waals surface area contributed by atoms with Crippen molar-refractivity contribution < 1.29 is 38.7 Å². The number of hydrogen-bond acceptors (Lipinski definition) is 5. The van der Waals surface area contributed by atoms with Gasteiger partial charge in [0.15, 0.2) is 0 Å². The first-order valence-electron chi connectivity index (χ1n) is 12.7. The smallest absolute Gasteiger partial charge is 0.376 e. The van der Waals surface area contributed by atoms with E-state index in [1.165, 1.54) is 12.1 Å². The molecule has 220 valence electrons. The van der Waals surface area contributed by atoms with Gasteiger partial charge in [0.25, 0.3) is 10.1 Å². The Morgan fingerprint density at radius 2 is 0.977 bits per heavy atom. The Balaban J connectivity index is 0.000000682. The van der Waals surface area contributed by atoms with Gasteiger partial charge in [0, 0.05) is 0 Å². The Hall–Kier alpha value is -4.45. The number of rotatable bonds is 4. The third-order valence-electron chi connectivity index (χ3n) is 6.60. The van der Waals surface area contributed by atoms with Crippen molar-refractivity contribution in [1.82, 2.24) is 0 Å². The number of fused-ring (bicyclic) bond motifs is 3. The normalized spacial score (nSPS) is 12.2. The molecule has 0 bridgehead atoms. The molecule has 6 aromatic carbocycles. The highest BCUT2D eigenvalue weighted by molar-refractivity contribution is 7.88. The second-order valence-electron chi connectivity index (χ2n) is 9.64. The van der Waals surface area contributed by atoms with Gasteiger partial charge in [0.05, 0.1) is 6.26 Å². The van der Waals surface area contributed by atoms with E-state index in [-0.39, 0.29) is 0 Å². The zero-order chi connectivity index (χ0) is 31.0. The van der Waals surface area contributed by atoms with Crippen LogP contribution in [0, 0.1) is 0 Å². The lowest BCUT2D eigenvalue weighted by Crippen LogP contribution is -2.28. The fourth-order valence-electron chi connectivity index (χ4n) is 4.95. The zero-order valence-corrected chi connectivity index (χ0v) is 24.0. The van der Waals surface area contributed by atoms with Gasteiger partial charge in [-0.25, -0.2) is 0 Å². The molecule has 11 heteroatoms. The minimum absolute atomic E-state index is 0.410. The molecule has 0 fully saturated rings. The molecule has 0 saturated carbocycles. The first-order chi connectivity index (χ1) is 20.2. The van der Waals surface area contributed by atoms with Crippen molar-refractivity contribution in [1.29, 1.82) is 0 Å². The van der Waals surface area contributed by atoms with E-state index in [9.17, 15) is 30.0 Å². The topological polar surface area (TPSA) is 97.7 Å². The first-order valence-corrected chi connectivity index (χ1v) is 15.9.